The van der Waals surface area contributed by atoms with E-state index in [1.807, 2.05) is 0 Å². The van der Waals surface area contributed by atoms with Crippen molar-refractivity contribution in [2.45, 2.75) is 6.42 Å². The summed E-state index contributed by atoms with van der Waals surface area (Å²) in [4.78, 5) is 7.90. The number of hydrogen-bond acceptors (Lipinski definition) is 4. The van der Waals surface area contributed by atoms with Gasteiger partial charge in [0.25, 0.3) is 0 Å². The van der Waals surface area contributed by atoms with E-state index in [9.17, 15) is 0 Å². The monoisotopic (exact) mass is 224 g/mol. The van der Waals surface area contributed by atoms with E-state index in [4.69, 9.17) is 11.6 Å². The van der Waals surface area contributed by atoms with E-state index in [0.29, 0.717) is 10.8 Å². The average molecular weight is 225 g/mol. The Bertz CT molecular complexity index is 364. The van der Waals surface area contributed by atoms with Gasteiger partial charge >= 0.3 is 0 Å². The topological polar surface area (TPSA) is 49.8 Å². The van der Waals surface area contributed by atoms with Gasteiger partial charge in [0.15, 0.2) is 0 Å². The molecule has 0 aromatic carbocycles. The van der Waals surface area contributed by atoms with Gasteiger partial charge in [0.1, 0.15) is 17.2 Å². The first-order valence-electron chi connectivity index (χ1n) is 4.94. The second kappa shape index (κ2) is 5.09. The molecule has 1 aliphatic rings. The number of hydrogen-bond donors (Lipinski definition) is 2. The summed E-state index contributed by atoms with van der Waals surface area (Å²) in [7, 11) is 0. The molecule has 2 heterocycles. The minimum atomic E-state index is 0.562. The van der Waals surface area contributed by atoms with Crippen molar-refractivity contribution >= 4 is 17.4 Å². The van der Waals surface area contributed by atoms with Gasteiger partial charge < -0.3 is 10.6 Å². The summed E-state index contributed by atoms with van der Waals surface area (Å²) < 4.78 is 0. The van der Waals surface area contributed by atoms with Crippen LogP contribution in [0.3, 0.4) is 0 Å². The summed E-state index contributed by atoms with van der Waals surface area (Å²) in [5.74, 6) is 0.700. The van der Waals surface area contributed by atoms with Crippen molar-refractivity contribution < 1.29 is 0 Å². The first-order valence-corrected chi connectivity index (χ1v) is 5.32. The van der Waals surface area contributed by atoms with Gasteiger partial charge in [-0.05, 0) is 13.0 Å². The van der Waals surface area contributed by atoms with E-state index >= 15 is 0 Å². The van der Waals surface area contributed by atoms with E-state index in [1.54, 1.807) is 6.20 Å². The van der Waals surface area contributed by atoms with Crippen LogP contribution >= 0.6 is 11.6 Å². The van der Waals surface area contributed by atoms with Gasteiger partial charge in [-0.2, -0.15) is 0 Å². The van der Waals surface area contributed by atoms with Gasteiger partial charge in [-0.3, -0.25) is 0 Å². The van der Waals surface area contributed by atoms with Gasteiger partial charge in [0.05, 0.1) is 6.20 Å². The van der Waals surface area contributed by atoms with E-state index in [-0.39, 0.29) is 0 Å². The van der Waals surface area contributed by atoms with Crippen LogP contribution in [-0.2, 0) is 0 Å². The fraction of sp³-hybridized carbons (Fsp3) is 0.400. The quantitative estimate of drug-likeness (QED) is 0.764. The molecule has 0 atom stereocenters. The molecule has 5 heteroatoms. The van der Waals surface area contributed by atoms with Gasteiger partial charge in [0.2, 0.25) is 0 Å². The zero-order chi connectivity index (χ0) is 10.5. The molecule has 0 spiro atoms. The summed E-state index contributed by atoms with van der Waals surface area (Å²) >= 11 is 5.92. The molecular weight excluding hydrogens is 212 g/mol. The second-order valence-electron chi connectivity index (χ2n) is 3.39. The van der Waals surface area contributed by atoms with Crippen molar-refractivity contribution in [3.8, 4) is 0 Å². The third-order valence-electron chi connectivity index (χ3n) is 2.31. The van der Waals surface area contributed by atoms with Crippen LogP contribution in [0.15, 0.2) is 24.2 Å². The molecule has 2 N–H and O–H groups in total. The second-order valence-corrected chi connectivity index (χ2v) is 3.80. The molecule has 0 saturated heterocycles. The maximum Gasteiger partial charge on any atom is 0.148 e. The molecule has 0 bridgehead atoms. The van der Waals surface area contributed by atoms with Crippen LogP contribution in [0.25, 0.3) is 0 Å². The predicted molar refractivity (Wildman–Crippen MR) is 61.1 cm³/mol. The van der Waals surface area contributed by atoms with Gasteiger partial charge in [-0.25, -0.2) is 9.97 Å². The van der Waals surface area contributed by atoms with E-state index in [2.05, 4.69) is 26.7 Å². The molecule has 0 radical (unpaired) electrons. The molecule has 0 aliphatic carbocycles. The lowest BCUT2D eigenvalue weighted by atomic mass is 10.1. The Kier molecular flexibility index (Phi) is 3.53. The van der Waals surface area contributed by atoms with Crippen LogP contribution < -0.4 is 10.6 Å². The van der Waals surface area contributed by atoms with Crippen molar-refractivity contribution in [3.05, 3.63) is 29.2 Å². The molecule has 0 amide bonds. The maximum absolute atomic E-state index is 5.92. The van der Waals surface area contributed by atoms with Crippen molar-refractivity contribution in [3.63, 3.8) is 0 Å². The lowest BCUT2D eigenvalue weighted by Gasteiger charge is -2.15. The summed E-state index contributed by atoms with van der Waals surface area (Å²) in [6.45, 7) is 2.80. The Hall–Kier alpha value is -1.13. The lowest BCUT2D eigenvalue weighted by Crippen LogP contribution is -2.23. The summed E-state index contributed by atoms with van der Waals surface area (Å²) in [5.41, 5.74) is 1.39. The lowest BCUT2D eigenvalue weighted by molar-refractivity contribution is 0.697. The molecule has 80 valence electrons. The minimum Gasteiger partial charge on any atom is -0.365 e. The molecule has 0 fully saturated rings. The highest BCUT2D eigenvalue weighted by Gasteiger charge is 2.04. The Morgan fingerprint density at radius 1 is 1.53 bits per heavy atom. The van der Waals surface area contributed by atoms with Gasteiger partial charge in [-0.15, -0.1) is 0 Å². The summed E-state index contributed by atoms with van der Waals surface area (Å²) in [5, 5.41) is 7.03. The fourth-order valence-corrected chi connectivity index (χ4v) is 1.64. The molecular formula is C10H13ClN4. The Morgan fingerprint density at radius 3 is 3.20 bits per heavy atom. The predicted octanol–water partition coefficient (Wildman–Crippen LogP) is 1.46. The molecule has 15 heavy (non-hydrogen) atoms. The number of rotatable bonds is 3. The van der Waals surface area contributed by atoms with Crippen LogP contribution in [0.4, 0.5) is 5.82 Å². The maximum atomic E-state index is 5.92. The summed E-state index contributed by atoms with van der Waals surface area (Å²) in [6.07, 6.45) is 6.36. The Balaban J connectivity index is 1.93. The number of nitrogens with one attached hydrogen (secondary N) is 2. The zero-order valence-corrected chi connectivity index (χ0v) is 9.09. The first-order chi connectivity index (χ1) is 7.36. The van der Waals surface area contributed by atoms with E-state index in [1.165, 1.54) is 11.9 Å². The fourth-order valence-electron chi connectivity index (χ4n) is 1.47. The van der Waals surface area contributed by atoms with Gasteiger partial charge in [0, 0.05) is 13.1 Å². The van der Waals surface area contributed by atoms with Crippen molar-refractivity contribution in [2.24, 2.45) is 0 Å². The van der Waals surface area contributed by atoms with Crippen LogP contribution in [0.2, 0.25) is 5.02 Å². The van der Waals surface area contributed by atoms with Crippen LogP contribution in [0.1, 0.15) is 6.42 Å². The van der Waals surface area contributed by atoms with E-state index in [0.717, 1.165) is 26.1 Å². The highest BCUT2D eigenvalue weighted by Crippen LogP contribution is 2.16. The minimum absolute atomic E-state index is 0.562. The van der Waals surface area contributed by atoms with Crippen LogP contribution in [-0.4, -0.2) is 29.6 Å². The molecule has 0 saturated carbocycles. The average Bonchev–Trinajstić information content (AvgIpc) is 2.29. The number of anilines is 1. The smallest absolute Gasteiger partial charge is 0.148 e. The highest BCUT2D eigenvalue weighted by molar-refractivity contribution is 6.32. The van der Waals surface area contributed by atoms with Crippen molar-refractivity contribution in [1.82, 2.24) is 15.3 Å². The SMILES string of the molecule is Clc1cncnc1NCC1=CCNCC1. The van der Waals surface area contributed by atoms with Gasteiger partial charge in [-0.1, -0.05) is 23.3 Å². The normalized spacial score (nSPS) is 15.9. The van der Waals surface area contributed by atoms with E-state index < -0.39 is 0 Å². The number of nitrogens with zero attached hydrogens (tertiary/aromatic N) is 2. The number of aromatic nitrogens is 2. The third-order valence-corrected chi connectivity index (χ3v) is 2.59. The Morgan fingerprint density at radius 2 is 2.47 bits per heavy atom. The first kappa shape index (κ1) is 10.4. The van der Waals surface area contributed by atoms with Crippen molar-refractivity contribution in [2.75, 3.05) is 25.0 Å². The largest absolute Gasteiger partial charge is 0.365 e. The number of halogens is 1. The Labute approximate surface area is 93.8 Å². The molecule has 1 aliphatic heterocycles. The standard InChI is InChI=1S/C10H13ClN4/c11-9-6-13-7-15-10(9)14-5-8-1-3-12-4-2-8/h1,6-7,12H,2-5H2,(H,13,14,15). The zero-order valence-electron chi connectivity index (χ0n) is 8.33. The third kappa shape index (κ3) is 2.91. The molecule has 1 aromatic rings. The van der Waals surface area contributed by atoms with Crippen molar-refractivity contribution in [1.29, 1.82) is 0 Å². The molecule has 2 rings (SSSR count). The highest BCUT2D eigenvalue weighted by atomic mass is 35.5. The van der Waals surface area contributed by atoms with Crippen LogP contribution in [0.5, 0.6) is 0 Å². The van der Waals surface area contributed by atoms with Crippen LogP contribution in [0, 0.1) is 0 Å². The molecule has 1 aromatic heterocycles. The molecule has 4 nitrogen and oxygen atoms in total. The summed E-state index contributed by atoms with van der Waals surface area (Å²) in [6, 6.07) is 0. The molecule has 0 unspecified atom stereocenters.